The summed E-state index contributed by atoms with van der Waals surface area (Å²) in [5.41, 5.74) is 2.55. The summed E-state index contributed by atoms with van der Waals surface area (Å²) in [5, 5.41) is 0. The van der Waals surface area contributed by atoms with Crippen LogP contribution < -0.4 is 14.2 Å². The largest absolute Gasteiger partial charge is 0.493 e. The lowest BCUT2D eigenvalue weighted by molar-refractivity contribution is 0.0582. The van der Waals surface area contributed by atoms with Crippen molar-refractivity contribution in [1.29, 1.82) is 0 Å². The number of hydrogen-bond donors (Lipinski definition) is 0. The van der Waals surface area contributed by atoms with E-state index in [1.165, 1.54) is 25.3 Å². The molecule has 0 aliphatic carbocycles. The van der Waals surface area contributed by atoms with Crippen LogP contribution in [0.25, 0.3) is 0 Å². The number of carbonyl (C=O) groups is 2. The Labute approximate surface area is 203 Å². The summed E-state index contributed by atoms with van der Waals surface area (Å²) >= 11 is 0. The number of esters is 1. The van der Waals surface area contributed by atoms with Gasteiger partial charge in [0.2, 0.25) is 0 Å². The fourth-order valence-corrected chi connectivity index (χ4v) is 4.22. The second kappa shape index (κ2) is 10.5. The van der Waals surface area contributed by atoms with Crippen LogP contribution in [0.3, 0.4) is 0 Å². The molecule has 3 aromatic rings. The molecule has 0 spiro atoms. The van der Waals surface area contributed by atoms with Crippen LogP contribution in [-0.4, -0.2) is 51.3 Å². The van der Waals surface area contributed by atoms with Gasteiger partial charge in [-0.1, -0.05) is 6.07 Å². The molecule has 1 heterocycles. The maximum Gasteiger partial charge on any atom is 0.337 e. The normalized spacial score (nSPS) is 14.6. The Hall–Kier alpha value is -4.07. The number of fused-ring (bicyclic) bond motifs is 1. The van der Waals surface area contributed by atoms with Gasteiger partial charge in [-0.05, 0) is 72.1 Å². The first-order valence-corrected chi connectivity index (χ1v) is 11.1. The lowest BCUT2D eigenvalue weighted by Gasteiger charge is -2.37. The van der Waals surface area contributed by atoms with Gasteiger partial charge in [-0.2, -0.15) is 0 Å². The van der Waals surface area contributed by atoms with Crippen LogP contribution in [-0.2, 0) is 11.2 Å². The van der Waals surface area contributed by atoms with Crippen LogP contribution in [0.2, 0.25) is 0 Å². The molecule has 35 heavy (non-hydrogen) atoms. The Morgan fingerprint density at radius 1 is 0.943 bits per heavy atom. The van der Waals surface area contributed by atoms with Gasteiger partial charge < -0.3 is 23.8 Å². The molecule has 8 heteroatoms. The quantitative estimate of drug-likeness (QED) is 0.466. The van der Waals surface area contributed by atoms with Crippen molar-refractivity contribution in [1.82, 2.24) is 4.90 Å². The average Bonchev–Trinajstić information content (AvgIpc) is 2.90. The van der Waals surface area contributed by atoms with Crippen LogP contribution in [0, 0.1) is 5.82 Å². The molecule has 0 radical (unpaired) electrons. The minimum Gasteiger partial charge on any atom is -0.493 e. The summed E-state index contributed by atoms with van der Waals surface area (Å²) < 4.78 is 35.6. The first-order chi connectivity index (χ1) is 16.9. The molecule has 0 saturated carbocycles. The van der Waals surface area contributed by atoms with E-state index >= 15 is 0 Å². The maximum absolute atomic E-state index is 13.8. The second-order valence-corrected chi connectivity index (χ2v) is 8.01. The van der Waals surface area contributed by atoms with E-state index < -0.39 is 17.8 Å². The molecule has 0 fully saturated rings. The molecular weight excluding hydrogens is 453 g/mol. The fraction of sp³-hybridized carbons (Fsp3) is 0.259. The smallest absolute Gasteiger partial charge is 0.337 e. The number of methoxy groups -OCH3 is 3. The monoisotopic (exact) mass is 479 g/mol. The number of amides is 1. The van der Waals surface area contributed by atoms with Gasteiger partial charge in [0.15, 0.2) is 11.5 Å². The van der Waals surface area contributed by atoms with E-state index in [0.717, 1.165) is 11.1 Å². The van der Waals surface area contributed by atoms with Gasteiger partial charge in [-0.25, -0.2) is 9.18 Å². The zero-order valence-corrected chi connectivity index (χ0v) is 19.7. The highest BCUT2D eigenvalue weighted by Crippen LogP contribution is 2.39. The summed E-state index contributed by atoms with van der Waals surface area (Å²) in [5.74, 6) is 0.472. The standard InChI is InChI=1S/C27H26FNO6/c1-32-24-14-18-11-12-29(26(30)19-5-4-6-20(28)13-19)23(22(18)15-25(24)33-2)16-35-21-9-7-17(8-10-21)27(31)34-3/h4-10,13-15,23H,11-12,16H2,1-3H3/t23-/m0/s1. The molecule has 0 saturated heterocycles. The fourth-order valence-electron chi connectivity index (χ4n) is 4.22. The maximum atomic E-state index is 13.8. The SMILES string of the molecule is COC(=O)c1ccc(OC[C@H]2c3cc(OC)c(OC)cc3CCN2C(=O)c2cccc(F)c2)cc1. The Kier molecular flexibility index (Phi) is 7.19. The van der Waals surface area contributed by atoms with Gasteiger partial charge in [0.1, 0.15) is 18.2 Å². The molecule has 1 aliphatic heterocycles. The van der Waals surface area contributed by atoms with Crippen molar-refractivity contribution < 1.29 is 32.9 Å². The lowest BCUT2D eigenvalue weighted by Crippen LogP contribution is -2.42. The Bertz CT molecular complexity index is 1230. The number of ether oxygens (including phenoxy) is 4. The molecule has 7 nitrogen and oxygen atoms in total. The minimum absolute atomic E-state index is 0.140. The molecule has 3 aromatic carbocycles. The predicted molar refractivity (Wildman–Crippen MR) is 127 cm³/mol. The summed E-state index contributed by atoms with van der Waals surface area (Å²) in [6.45, 7) is 0.564. The van der Waals surface area contributed by atoms with Crippen LogP contribution in [0.5, 0.6) is 17.2 Å². The summed E-state index contributed by atoms with van der Waals surface area (Å²) in [7, 11) is 4.45. The molecule has 0 N–H and O–H groups in total. The zero-order valence-electron chi connectivity index (χ0n) is 19.7. The molecule has 4 rings (SSSR count). The first-order valence-electron chi connectivity index (χ1n) is 11.1. The summed E-state index contributed by atoms with van der Waals surface area (Å²) in [4.78, 5) is 26.8. The van der Waals surface area contributed by atoms with E-state index in [4.69, 9.17) is 18.9 Å². The minimum atomic E-state index is -0.474. The van der Waals surface area contributed by atoms with Crippen LogP contribution in [0.1, 0.15) is 37.9 Å². The van der Waals surface area contributed by atoms with Crippen molar-refractivity contribution in [2.45, 2.75) is 12.5 Å². The third-order valence-electron chi connectivity index (χ3n) is 6.02. The lowest BCUT2D eigenvalue weighted by atomic mass is 9.91. The number of benzene rings is 3. The van der Waals surface area contributed by atoms with Crippen LogP contribution in [0.4, 0.5) is 4.39 Å². The zero-order chi connectivity index (χ0) is 24.9. The number of carbonyl (C=O) groups excluding carboxylic acids is 2. The molecule has 1 atom stereocenters. The van der Waals surface area contributed by atoms with E-state index in [2.05, 4.69) is 0 Å². The Balaban J connectivity index is 1.66. The number of nitrogens with zero attached hydrogens (tertiary/aromatic N) is 1. The van der Waals surface area contributed by atoms with E-state index in [0.29, 0.717) is 35.8 Å². The molecule has 0 aromatic heterocycles. The molecule has 1 aliphatic rings. The van der Waals surface area contributed by atoms with Crippen LogP contribution >= 0.6 is 0 Å². The average molecular weight is 480 g/mol. The van der Waals surface area contributed by atoms with Crippen molar-refractivity contribution >= 4 is 11.9 Å². The second-order valence-electron chi connectivity index (χ2n) is 8.01. The summed E-state index contributed by atoms with van der Waals surface area (Å²) in [6.07, 6.45) is 0.598. The van der Waals surface area contributed by atoms with Gasteiger partial charge in [-0.3, -0.25) is 4.79 Å². The van der Waals surface area contributed by atoms with Crippen molar-refractivity contribution in [3.8, 4) is 17.2 Å². The highest BCUT2D eigenvalue weighted by Gasteiger charge is 2.33. The third-order valence-corrected chi connectivity index (χ3v) is 6.02. The van der Waals surface area contributed by atoms with Gasteiger partial charge in [0.05, 0.1) is 32.9 Å². The van der Waals surface area contributed by atoms with Gasteiger partial charge in [0.25, 0.3) is 5.91 Å². The highest BCUT2D eigenvalue weighted by atomic mass is 19.1. The van der Waals surface area contributed by atoms with Gasteiger partial charge in [-0.15, -0.1) is 0 Å². The molecule has 0 bridgehead atoms. The summed E-state index contributed by atoms with van der Waals surface area (Å²) in [6, 6.07) is 15.5. The first kappa shape index (κ1) is 24.1. The molecular formula is C27H26FNO6. The number of hydrogen-bond acceptors (Lipinski definition) is 6. The van der Waals surface area contributed by atoms with E-state index in [1.807, 2.05) is 12.1 Å². The van der Waals surface area contributed by atoms with Crippen molar-refractivity contribution in [3.05, 3.63) is 88.7 Å². The number of rotatable bonds is 7. The van der Waals surface area contributed by atoms with E-state index in [-0.39, 0.29) is 18.1 Å². The molecule has 1 amide bonds. The highest BCUT2D eigenvalue weighted by molar-refractivity contribution is 5.94. The van der Waals surface area contributed by atoms with Gasteiger partial charge in [0, 0.05) is 12.1 Å². The number of halogens is 1. The third kappa shape index (κ3) is 5.06. The Morgan fingerprint density at radius 3 is 2.31 bits per heavy atom. The predicted octanol–water partition coefficient (Wildman–Crippen LogP) is 4.45. The van der Waals surface area contributed by atoms with Crippen molar-refractivity contribution in [3.63, 3.8) is 0 Å². The van der Waals surface area contributed by atoms with Crippen molar-refractivity contribution in [2.75, 3.05) is 34.5 Å². The topological polar surface area (TPSA) is 74.3 Å². The van der Waals surface area contributed by atoms with E-state index in [1.54, 1.807) is 49.5 Å². The molecule has 182 valence electrons. The van der Waals surface area contributed by atoms with Crippen molar-refractivity contribution in [2.24, 2.45) is 0 Å². The van der Waals surface area contributed by atoms with Gasteiger partial charge >= 0.3 is 5.97 Å². The van der Waals surface area contributed by atoms with Crippen LogP contribution in [0.15, 0.2) is 60.7 Å². The Morgan fingerprint density at radius 2 is 1.66 bits per heavy atom. The van der Waals surface area contributed by atoms with E-state index in [9.17, 15) is 14.0 Å². The molecule has 0 unspecified atom stereocenters.